The summed E-state index contributed by atoms with van der Waals surface area (Å²) < 4.78 is 5.63. The van der Waals surface area contributed by atoms with Crippen LogP contribution in [0.5, 0.6) is 0 Å². The number of aromatic nitrogens is 4. The summed E-state index contributed by atoms with van der Waals surface area (Å²) in [7, 11) is 0. The largest absolute Gasteiger partial charge is 0.378 e. The zero-order valence-corrected chi connectivity index (χ0v) is 16.5. The third kappa shape index (κ3) is 4.35. The van der Waals surface area contributed by atoms with Crippen LogP contribution in [0.4, 0.5) is 0 Å². The van der Waals surface area contributed by atoms with Crippen molar-refractivity contribution >= 4 is 5.91 Å². The van der Waals surface area contributed by atoms with Gasteiger partial charge in [0.05, 0.1) is 24.0 Å². The van der Waals surface area contributed by atoms with Crippen LogP contribution in [0, 0.1) is 5.41 Å². The van der Waals surface area contributed by atoms with E-state index >= 15 is 0 Å². The summed E-state index contributed by atoms with van der Waals surface area (Å²) in [5, 5.41) is 3.21. The molecule has 1 aliphatic heterocycles. The van der Waals surface area contributed by atoms with E-state index in [1.54, 1.807) is 18.6 Å². The SMILES string of the molecule is CC1(C)Cc2nc(-c3cnccn3)ncc2[C@H](NC(=O)CC[C@H]2CCCO2)C1. The number of hydrogen-bond donors (Lipinski definition) is 1. The lowest BCUT2D eigenvalue weighted by Crippen LogP contribution is -2.37. The summed E-state index contributed by atoms with van der Waals surface area (Å²) in [6.07, 6.45) is 12.2. The van der Waals surface area contributed by atoms with Crippen LogP contribution in [0.15, 0.2) is 24.8 Å². The molecule has 1 saturated heterocycles. The predicted octanol–water partition coefficient (Wildman–Crippen LogP) is 3.02. The van der Waals surface area contributed by atoms with Gasteiger partial charge < -0.3 is 10.1 Å². The maximum Gasteiger partial charge on any atom is 0.220 e. The number of ether oxygens (including phenoxy) is 1. The number of hydrogen-bond acceptors (Lipinski definition) is 6. The van der Waals surface area contributed by atoms with Crippen LogP contribution in [-0.4, -0.2) is 38.6 Å². The Bertz CT molecular complexity index is 834. The molecule has 2 atom stereocenters. The van der Waals surface area contributed by atoms with Crippen molar-refractivity contribution in [3.8, 4) is 11.5 Å². The van der Waals surface area contributed by atoms with Crippen LogP contribution in [0.25, 0.3) is 11.5 Å². The van der Waals surface area contributed by atoms with Crippen LogP contribution in [0.1, 0.15) is 63.3 Å². The second-order valence-corrected chi connectivity index (χ2v) is 8.53. The summed E-state index contributed by atoms with van der Waals surface area (Å²) >= 11 is 0. The van der Waals surface area contributed by atoms with Gasteiger partial charge in [0.15, 0.2) is 5.82 Å². The summed E-state index contributed by atoms with van der Waals surface area (Å²) in [6.45, 7) is 5.25. The molecule has 1 fully saturated rings. The lowest BCUT2D eigenvalue weighted by Gasteiger charge is -2.36. The van der Waals surface area contributed by atoms with Gasteiger partial charge in [0.2, 0.25) is 5.91 Å². The van der Waals surface area contributed by atoms with Crippen molar-refractivity contribution in [1.82, 2.24) is 25.3 Å². The van der Waals surface area contributed by atoms with Gasteiger partial charge in [-0.05, 0) is 37.5 Å². The molecule has 0 bridgehead atoms. The number of carbonyl (C=O) groups excluding carboxylic acids is 1. The fourth-order valence-electron chi connectivity index (χ4n) is 4.14. The summed E-state index contributed by atoms with van der Waals surface area (Å²) in [6, 6.07) is -0.0633. The van der Waals surface area contributed by atoms with Crippen molar-refractivity contribution < 1.29 is 9.53 Å². The number of nitrogens with zero attached hydrogens (tertiary/aromatic N) is 4. The standard InChI is InChI=1S/C21H27N5O2/c1-21(2)10-16(25-19(27)6-5-14-4-3-9-28-14)15-12-24-20(26-17(15)11-21)18-13-22-7-8-23-18/h7-8,12-14,16H,3-6,9-11H2,1-2H3,(H,25,27)/t14-,16-/m1/s1. The first kappa shape index (κ1) is 18.9. The first-order chi connectivity index (χ1) is 13.5. The lowest BCUT2D eigenvalue weighted by molar-refractivity contribution is -0.122. The quantitative estimate of drug-likeness (QED) is 0.856. The molecule has 148 valence electrons. The van der Waals surface area contributed by atoms with Gasteiger partial charge in [0.1, 0.15) is 5.69 Å². The molecule has 2 aliphatic rings. The first-order valence-electron chi connectivity index (χ1n) is 10.0. The summed E-state index contributed by atoms with van der Waals surface area (Å²) in [5.41, 5.74) is 2.70. The lowest BCUT2D eigenvalue weighted by atomic mass is 9.74. The minimum atomic E-state index is -0.0633. The Labute approximate surface area is 165 Å². The molecule has 28 heavy (non-hydrogen) atoms. The first-order valence-corrected chi connectivity index (χ1v) is 10.0. The molecule has 3 heterocycles. The van der Waals surface area contributed by atoms with Gasteiger partial charge in [0, 0.05) is 37.2 Å². The Balaban J connectivity index is 1.50. The van der Waals surface area contributed by atoms with Crippen molar-refractivity contribution in [1.29, 1.82) is 0 Å². The number of amides is 1. The molecule has 2 aromatic heterocycles. The van der Waals surface area contributed by atoms with E-state index in [2.05, 4.69) is 34.1 Å². The van der Waals surface area contributed by atoms with Gasteiger partial charge in [-0.2, -0.15) is 0 Å². The van der Waals surface area contributed by atoms with E-state index in [1.165, 1.54) is 0 Å². The smallest absolute Gasteiger partial charge is 0.220 e. The van der Waals surface area contributed by atoms with E-state index in [9.17, 15) is 4.79 Å². The fourth-order valence-corrected chi connectivity index (χ4v) is 4.14. The highest BCUT2D eigenvalue weighted by molar-refractivity contribution is 5.76. The van der Waals surface area contributed by atoms with Gasteiger partial charge in [-0.15, -0.1) is 0 Å². The molecular formula is C21H27N5O2. The van der Waals surface area contributed by atoms with Crippen molar-refractivity contribution in [2.24, 2.45) is 5.41 Å². The molecule has 7 nitrogen and oxygen atoms in total. The van der Waals surface area contributed by atoms with Crippen molar-refractivity contribution in [2.75, 3.05) is 6.61 Å². The Kier molecular flexibility index (Phi) is 5.35. The van der Waals surface area contributed by atoms with E-state index in [4.69, 9.17) is 9.72 Å². The normalized spacial score (nSPS) is 23.2. The zero-order valence-electron chi connectivity index (χ0n) is 16.5. The monoisotopic (exact) mass is 381 g/mol. The van der Waals surface area contributed by atoms with Crippen LogP contribution in [0.3, 0.4) is 0 Å². The summed E-state index contributed by atoms with van der Waals surface area (Å²) in [5.74, 6) is 0.648. The predicted molar refractivity (Wildman–Crippen MR) is 104 cm³/mol. The Morgan fingerprint density at radius 1 is 1.29 bits per heavy atom. The molecule has 1 aliphatic carbocycles. The topological polar surface area (TPSA) is 89.9 Å². The zero-order chi connectivity index (χ0) is 19.6. The third-order valence-electron chi connectivity index (χ3n) is 5.52. The third-order valence-corrected chi connectivity index (χ3v) is 5.52. The maximum atomic E-state index is 12.6. The molecule has 7 heteroatoms. The van der Waals surface area contributed by atoms with Gasteiger partial charge in [-0.3, -0.25) is 9.78 Å². The Morgan fingerprint density at radius 3 is 2.93 bits per heavy atom. The second kappa shape index (κ2) is 7.91. The van der Waals surface area contributed by atoms with Gasteiger partial charge >= 0.3 is 0 Å². The number of nitrogens with one attached hydrogen (secondary N) is 1. The Morgan fingerprint density at radius 2 is 2.18 bits per heavy atom. The maximum absolute atomic E-state index is 12.6. The van der Waals surface area contributed by atoms with E-state index in [-0.39, 0.29) is 23.5 Å². The van der Waals surface area contributed by atoms with E-state index in [1.807, 2.05) is 6.20 Å². The fraction of sp³-hybridized carbons (Fsp3) is 0.571. The highest BCUT2D eigenvalue weighted by Gasteiger charge is 2.34. The van der Waals surface area contributed by atoms with Crippen LogP contribution >= 0.6 is 0 Å². The van der Waals surface area contributed by atoms with Crippen molar-refractivity contribution in [3.63, 3.8) is 0 Å². The van der Waals surface area contributed by atoms with Gasteiger partial charge in [-0.25, -0.2) is 15.0 Å². The summed E-state index contributed by atoms with van der Waals surface area (Å²) in [4.78, 5) is 30.2. The molecule has 0 aromatic carbocycles. The van der Waals surface area contributed by atoms with E-state index in [0.29, 0.717) is 17.9 Å². The molecule has 0 saturated carbocycles. The molecule has 0 radical (unpaired) electrons. The number of carbonyl (C=O) groups is 1. The molecule has 4 rings (SSSR count). The van der Waals surface area contributed by atoms with E-state index < -0.39 is 0 Å². The average molecular weight is 381 g/mol. The van der Waals surface area contributed by atoms with Crippen LogP contribution < -0.4 is 5.32 Å². The molecule has 2 aromatic rings. The van der Waals surface area contributed by atoms with Gasteiger partial charge in [0.25, 0.3) is 0 Å². The van der Waals surface area contributed by atoms with Crippen LogP contribution in [-0.2, 0) is 16.0 Å². The van der Waals surface area contributed by atoms with Gasteiger partial charge in [-0.1, -0.05) is 13.8 Å². The average Bonchev–Trinajstić information content (AvgIpc) is 3.19. The van der Waals surface area contributed by atoms with E-state index in [0.717, 1.165) is 50.0 Å². The molecule has 1 amide bonds. The highest BCUT2D eigenvalue weighted by atomic mass is 16.5. The van der Waals surface area contributed by atoms with Crippen molar-refractivity contribution in [2.45, 2.75) is 64.5 Å². The molecule has 0 spiro atoms. The molecular weight excluding hydrogens is 354 g/mol. The molecule has 1 N–H and O–H groups in total. The van der Waals surface area contributed by atoms with Crippen molar-refractivity contribution in [3.05, 3.63) is 36.0 Å². The van der Waals surface area contributed by atoms with Crippen LogP contribution in [0.2, 0.25) is 0 Å². The molecule has 0 unspecified atom stereocenters. The number of rotatable bonds is 5. The minimum Gasteiger partial charge on any atom is -0.378 e. The second-order valence-electron chi connectivity index (χ2n) is 8.53. The minimum absolute atomic E-state index is 0.0491. The highest BCUT2D eigenvalue weighted by Crippen LogP contribution is 2.40. The number of fused-ring (bicyclic) bond motifs is 1. The Hall–Kier alpha value is -2.41.